The summed E-state index contributed by atoms with van der Waals surface area (Å²) in [5.74, 6) is -2.42. The second kappa shape index (κ2) is 14.7. The van der Waals surface area contributed by atoms with Gasteiger partial charge in [-0.3, -0.25) is 29.3 Å². The zero-order valence-electron chi connectivity index (χ0n) is 18.7. The van der Waals surface area contributed by atoms with Crippen LogP contribution in [-0.4, -0.2) is 87.3 Å². The number of benzene rings is 1. The minimum atomic E-state index is -0.906. The number of carbonyl (C=O) groups is 5. The van der Waals surface area contributed by atoms with Crippen LogP contribution < -0.4 is 16.0 Å². The lowest BCUT2D eigenvalue weighted by Gasteiger charge is -2.22. The molecular formula is C22H29N3O9. The van der Waals surface area contributed by atoms with Gasteiger partial charge in [0, 0.05) is 29.8 Å². The molecule has 0 radical (unpaired) electrons. The molecule has 2 rings (SSSR count). The maximum Gasteiger partial charge on any atom is 0.305 e. The van der Waals surface area contributed by atoms with Crippen LogP contribution in [0.25, 0.3) is 0 Å². The molecule has 12 nitrogen and oxygen atoms in total. The molecule has 1 atom stereocenters. The highest BCUT2D eigenvalue weighted by atomic mass is 16.5. The highest BCUT2D eigenvalue weighted by molar-refractivity contribution is 6.06. The highest BCUT2D eigenvalue weighted by Crippen LogP contribution is 2.15. The standard InChI is InChI=1S/C22H29N3O9/c26-14-15-13-16(23-6-8-33-10-12-34-11-9-32-7-5-20(28)29)1-2-17(15)21(30)24-18-3-4-19(27)25-22(18)31/h1-2,13-14,18,23H,3-12H2,(H,24,30)(H,28,29)(H,25,27,31). The van der Waals surface area contributed by atoms with Crippen molar-refractivity contribution in [3.8, 4) is 0 Å². The average molecular weight is 479 g/mol. The predicted octanol–water partition coefficient (Wildman–Crippen LogP) is -0.0295. The Balaban J connectivity index is 1.64. The Labute approximate surface area is 196 Å². The molecule has 1 aromatic carbocycles. The summed E-state index contributed by atoms with van der Waals surface area (Å²) in [6.07, 6.45) is 0.863. The van der Waals surface area contributed by atoms with Crippen LogP contribution in [0.5, 0.6) is 0 Å². The number of aliphatic carboxylic acids is 1. The predicted molar refractivity (Wildman–Crippen MR) is 119 cm³/mol. The minimum absolute atomic E-state index is 0.0390. The van der Waals surface area contributed by atoms with Gasteiger partial charge in [-0.2, -0.15) is 0 Å². The summed E-state index contributed by atoms with van der Waals surface area (Å²) in [5, 5.41) is 16.3. The topological polar surface area (TPSA) is 169 Å². The van der Waals surface area contributed by atoms with Gasteiger partial charge in [0.05, 0.1) is 46.1 Å². The van der Waals surface area contributed by atoms with E-state index in [4.69, 9.17) is 19.3 Å². The molecule has 1 unspecified atom stereocenters. The fraction of sp³-hybridized carbons (Fsp3) is 0.500. The van der Waals surface area contributed by atoms with Gasteiger partial charge in [-0.15, -0.1) is 0 Å². The average Bonchev–Trinajstić information content (AvgIpc) is 2.81. The summed E-state index contributed by atoms with van der Waals surface area (Å²) < 4.78 is 15.8. The third-order valence-electron chi connectivity index (χ3n) is 4.75. The van der Waals surface area contributed by atoms with Crippen molar-refractivity contribution in [2.75, 3.05) is 51.5 Å². The van der Waals surface area contributed by atoms with E-state index in [9.17, 15) is 24.0 Å². The molecular weight excluding hydrogens is 450 g/mol. The number of hydrogen-bond donors (Lipinski definition) is 4. The molecule has 1 saturated heterocycles. The Morgan fingerprint density at radius 3 is 2.38 bits per heavy atom. The first-order valence-electron chi connectivity index (χ1n) is 10.8. The second-order valence-electron chi connectivity index (χ2n) is 7.30. The van der Waals surface area contributed by atoms with Gasteiger partial charge in [0.25, 0.3) is 5.91 Å². The van der Waals surface area contributed by atoms with E-state index in [2.05, 4.69) is 16.0 Å². The van der Waals surface area contributed by atoms with Gasteiger partial charge in [0.2, 0.25) is 11.8 Å². The first kappa shape index (κ1) is 26.9. The van der Waals surface area contributed by atoms with Crippen molar-refractivity contribution in [2.24, 2.45) is 0 Å². The number of anilines is 1. The van der Waals surface area contributed by atoms with E-state index in [-0.39, 0.29) is 42.9 Å². The fourth-order valence-corrected chi connectivity index (χ4v) is 3.01. The van der Waals surface area contributed by atoms with Crippen LogP contribution in [0.2, 0.25) is 0 Å². The third kappa shape index (κ3) is 9.65. The summed E-state index contributed by atoms with van der Waals surface area (Å²) in [5.41, 5.74) is 0.915. The number of carbonyl (C=O) groups excluding carboxylic acids is 4. The van der Waals surface area contributed by atoms with E-state index >= 15 is 0 Å². The molecule has 1 aromatic rings. The molecule has 3 amide bonds. The number of rotatable bonds is 16. The quantitative estimate of drug-likeness (QED) is 0.143. The van der Waals surface area contributed by atoms with Gasteiger partial charge in [-0.1, -0.05) is 0 Å². The van der Waals surface area contributed by atoms with E-state index in [1.807, 2.05) is 0 Å². The van der Waals surface area contributed by atoms with Crippen LogP contribution in [0, 0.1) is 0 Å². The fourth-order valence-electron chi connectivity index (χ4n) is 3.01. The minimum Gasteiger partial charge on any atom is -0.481 e. The molecule has 34 heavy (non-hydrogen) atoms. The molecule has 0 saturated carbocycles. The molecule has 0 aliphatic carbocycles. The van der Waals surface area contributed by atoms with Gasteiger partial charge in [-0.05, 0) is 24.6 Å². The van der Waals surface area contributed by atoms with Crippen molar-refractivity contribution in [3.63, 3.8) is 0 Å². The number of piperidine rings is 1. The van der Waals surface area contributed by atoms with Crippen molar-refractivity contribution in [3.05, 3.63) is 29.3 Å². The summed E-state index contributed by atoms with van der Waals surface area (Å²) in [7, 11) is 0. The lowest BCUT2D eigenvalue weighted by Crippen LogP contribution is -2.52. The van der Waals surface area contributed by atoms with Gasteiger partial charge in [0.15, 0.2) is 6.29 Å². The normalized spacial score (nSPS) is 15.5. The molecule has 1 aliphatic heterocycles. The molecule has 1 fully saturated rings. The van der Waals surface area contributed by atoms with E-state index in [1.54, 1.807) is 6.07 Å². The largest absolute Gasteiger partial charge is 0.481 e. The molecule has 4 N–H and O–H groups in total. The van der Waals surface area contributed by atoms with Crippen molar-refractivity contribution in [2.45, 2.75) is 25.3 Å². The maximum absolute atomic E-state index is 12.5. The van der Waals surface area contributed by atoms with E-state index in [1.165, 1.54) is 12.1 Å². The number of carboxylic acid groups (broad SMARTS) is 1. The maximum atomic E-state index is 12.5. The lowest BCUT2D eigenvalue weighted by molar-refractivity contribution is -0.138. The van der Waals surface area contributed by atoms with Crippen LogP contribution in [0.1, 0.15) is 40.0 Å². The SMILES string of the molecule is O=Cc1cc(NCCOCCOCCOCCC(=O)O)ccc1C(=O)NC1CCC(=O)NC1=O. The molecule has 186 valence electrons. The van der Waals surface area contributed by atoms with E-state index in [0.717, 1.165) is 0 Å². The first-order chi connectivity index (χ1) is 16.4. The van der Waals surface area contributed by atoms with E-state index in [0.29, 0.717) is 51.6 Å². The zero-order chi connectivity index (χ0) is 24.8. The molecule has 0 bridgehead atoms. The number of hydrogen-bond acceptors (Lipinski definition) is 9. The van der Waals surface area contributed by atoms with Gasteiger partial charge in [-0.25, -0.2) is 0 Å². The summed E-state index contributed by atoms with van der Waals surface area (Å²) >= 11 is 0. The second-order valence-corrected chi connectivity index (χ2v) is 7.30. The van der Waals surface area contributed by atoms with Crippen LogP contribution in [-0.2, 0) is 28.6 Å². The van der Waals surface area contributed by atoms with Gasteiger partial charge in [0.1, 0.15) is 6.04 Å². The van der Waals surface area contributed by atoms with Crippen LogP contribution in [0.3, 0.4) is 0 Å². The smallest absolute Gasteiger partial charge is 0.305 e. The van der Waals surface area contributed by atoms with Crippen molar-refractivity contribution >= 4 is 35.7 Å². The summed E-state index contributed by atoms with van der Waals surface area (Å²) in [6, 6.07) is 3.83. The Hall–Kier alpha value is -3.35. The molecule has 1 aliphatic rings. The molecule has 12 heteroatoms. The number of ether oxygens (including phenoxy) is 3. The first-order valence-corrected chi connectivity index (χ1v) is 10.8. The third-order valence-corrected chi connectivity index (χ3v) is 4.75. The zero-order valence-corrected chi connectivity index (χ0v) is 18.7. The number of imide groups is 1. The Bertz CT molecular complexity index is 875. The van der Waals surface area contributed by atoms with Crippen molar-refractivity contribution in [1.29, 1.82) is 0 Å². The number of carboxylic acids is 1. The number of nitrogens with one attached hydrogen (secondary N) is 3. The van der Waals surface area contributed by atoms with Crippen molar-refractivity contribution < 1.29 is 43.3 Å². The van der Waals surface area contributed by atoms with Crippen LogP contribution >= 0.6 is 0 Å². The molecule has 0 aromatic heterocycles. The lowest BCUT2D eigenvalue weighted by atomic mass is 10.0. The van der Waals surface area contributed by atoms with E-state index < -0.39 is 23.8 Å². The number of amides is 3. The van der Waals surface area contributed by atoms with Gasteiger partial charge < -0.3 is 30.0 Å². The Kier molecular flexibility index (Phi) is 11.7. The Morgan fingerprint density at radius 2 is 1.74 bits per heavy atom. The van der Waals surface area contributed by atoms with Crippen LogP contribution in [0.15, 0.2) is 18.2 Å². The van der Waals surface area contributed by atoms with Crippen molar-refractivity contribution in [1.82, 2.24) is 10.6 Å². The summed E-state index contributed by atoms with van der Waals surface area (Å²) in [4.78, 5) is 57.3. The Morgan fingerprint density at radius 1 is 1.06 bits per heavy atom. The molecule has 0 spiro atoms. The molecule has 1 heterocycles. The summed E-state index contributed by atoms with van der Waals surface area (Å²) in [6.45, 7) is 2.39. The van der Waals surface area contributed by atoms with Gasteiger partial charge >= 0.3 is 5.97 Å². The number of aldehydes is 1. The highest BCUT2D eigenvalue weighted by Gasteiger charge is 2.28. The monoisotopic (exact) mass is 479 g/mol. The van der Waals surface area contributed by atoms with Crippen LogP contribution in [0.4, 0.5) is 5.69 Å².